The molecule has 0 saturated carbocycles. The third-order valence-electron chi connectivity index (χ3n) is 5.07. The quantitative estimate of drug-likeness (QED) is 0.519. The number of aryl methyl sites for hydroxylation is 1. The van der Waals surface area contributed by atoms with Gasteiger partial charge in [0.15, 0.2) is 0 Å². The maximum absolute atomic E-state index is 12.5. The van der Waals surface area contributed by atoms with Gasteiger partial charge in [-0.15, -0.1) is 11.3 Å². The first-order valence-corrected chi connectivity index (χ1v) is 11.5. The number of thiophene rings is 1. The SMILES string of the molecule is O=C(Cc1ccc(Br)cc1)N1CCN(CCCc2nc(-c3cccs3)no2)CC1. The average Bonchev–Trinajstić information content (AvgIpc) is 3.42. The minimum absolute atomic E-state index is 0.207. The normalized spacial score (nSPS) is 15.0. The molecular formula is C21H23BrN4O2S. The molecule has 152 valence electrons. The van der Waals surface area contributed by atoms with E-state index in [0.29, 0.717) is 18.1 Å². The van der Waals surface area contributed by atoms with Crippen molar-refractivity contribution in [1.82, 2.24) is 19.9 Å². The van der Waals surface area contributed by atoms with E-state index in [1.807, 2.05) is 46.7 Å². The zero-order chi connectivity index (χ0) is 20.1. The second-order valence-corrected chi connectivity index (χ2v) is 8.98. The minimum Gasteiger partial charge on any atom is -0.340 e. The summed E-state index contributed by atoms with van der Waals surface area (Å²) in [5.74, 6) is 1.57. The van der Waals surface area contributed by atoms with Crippen molar-refractivity contribution >= 4 is 33.2 Å². The maximum Gasteiger partial charge on any atom is 0.227 e. The lowest BCUT2D eigenvalue weighted by molar-refractivity contribution is -0.132. The molecular weight excluding hydrogens is 452 g/mol. The van der Waals surface area contributed by atoms with Crippen molar-refractivity contribution in [3.63, 3.8) is 0 Å². The number of benzene rings is 1. The Labute approximate surface area is 182 Å². The van der Waals surface area contributed by atoms with Crippen molar-refractivity contribution < 1.29 is 9.32 Å². The Morgan fingerprint density at radius 3 is 2.66 bits per heavy atom. The summed E-state index contributed by atoms with van der Waals surface area (Å²) in [5, 5.41) is 6.07. The van der Waals surface area contributed by atoms with Crippen LogP contribution in [0.1, 0.15) is 17.9 Å². The fourth-order valence-electron chi connectivity index (χ4n) is 3.43. The molecule has 1 amide bonds. The number of piperazine rings is 1. The predicted octanol–water partition coefficient (Wildman–Crippen LogP) is 3.88. The topological polar surface area (TPSA) is 62.5 Å². The first-order chi connectivity index (χ1) is 14.2. The molecule has 29 heavy (non-hydrogen) atoms. The van der Waals surface area contributed by atoms with E-state index in [-0.39, 0.29) is 5.91 Å². The van der Waals surface area contributed by atoms with E-state index < -0.39 is 0 Å². The molecule has 1 aromatic carbocycles. The Bertz CT molecular complexity index is 919. The largest absolute Gasteiger partial charge is 0.340 e. The Kier molecular flexibility index (Phi) is 6.74. The van der Waals surface area contributed by atoms with Crippen LogP contribution in [-0.2, 0) is 17.6 Å². The summed E-state index contributed by atoms with van der Waals surface area (Å²) < 4.78 is 6.39. The summed E-state index contributed by atoms with van der Waals surface area (Å²) in [6.45, 7) is 4.38. The highest BCUT2D eigenvalue weighted by Gasteiger charge is 2.21. The predicted molar refractivity (Wildman–Crippen MR) is 117 cm³/mol. The van der Waals surface area contributed by atoms with Gasteiger partial charge in [0.05, 0.1) is 11.3 Å². The number of carbonyl (C=O) groups is 1. The van der Waals surface area contributed by atoms with Gasteiger partial charge in [-0.3, -0.25) is 9.69 Å². The average molecular weight is 475 g/mol. The van der Waals surface area contributed by atoms with Crippen LogP contribution < -0.4 is 0 Å². The van der Waals surface area contributed by atoms with Crippen LogP contribution in [0.4, 0.5) is 0 Å². The Hall–Kier alpha value is -2.03. The second kappa shape index (κ2) is 9.65. The van der Waals surface area contributed by atoms with Crippen LogP contribution in [-0.4, -0.2) is 58.6 Å². The zero-order valence-electron chi connectivity index (χ0n) is 16.1. The van der Waals surface area contributed by atoms with Gasteiger partial charge >= 0.3 is 0 Å². The molecule has 0 unspecified atom stereocenters. The highest BCUT2D eigenvalue weighted by molar-refractivity contribution is 9.10. The van der Waals surface area contributed by atoms with Gasteiger partial charge in [-0.1, -0.05) is 39.3 Å². The lowest BCUT2D eigenvalue weighted by Gasteiger charge is -2.34. The minimum atomic E-state index is 0.207. The third kappa shape index (κ3) is 5.52. The first kappa shape index (κ1) is 20.3. The summed E-state index contributed by atoms with van der Waals surface area (Å²) in [7, 11) is 0. The molecule has 1 saturated heterocycles. The van der Waals surface area contributed by atoms with E-state index in [9.17, 15) is 4.79 Å². The van der Waals surface area contributed by atoms with Crippen molar-refractivity contribution in [3.8, 4) is 10.7 Å². The molecule has 8 heteroatoms. The fourth-order valence-corrected chi connectivity index (χ4v) is 4.34. The van der Waals surface area contributed by atoms with Crippen molar-refractivity contribution in [2.45, 2.75) is 19.3 Å². The van der Waals surface area contributed by atoms with Gasteiger partial charge in [0.1, 0.15) is 0 Å². The Morgan fingerprint density at radius 1 is 1.14 bits per heavy atom. The van der Waals surface area contributed by atoms with Crippen molar-refractivity contribution in [1.29, 1.82) is 0 Å². The summed E-state index contributed by atoms with van der Waals surface area (Å²) in [5.41, 5.74) is 1.06. The fraction of sp³-hybridized carbons (Fsp3) is 0.381. The Morgan fingerprint density at radius 2 is 1.93 bits per heavy atom. The summed E-state index contributed by atoms with van der Waals surface area (Å²) in [6, 6.07) is 11.9. The second-order valence-electron chi connectivity index (χ2n) is 7.12. The van der Waals surface area contributed by atoms with E-state index in [2.05, 4.69) is 31.0 Å². The lowest BCUT2D eigenvalue weighted by atomic mass is 10.1. The van der Waals surface area contributed by atoms with E-state index in [4.69, 9.17) is 4.52 Å². The van der Waals surface area contributed by atoms with Gasteiger partial charge in [0, 0.05) is 37.1 Å². The number of hydrogen-bond acceptors (Lipinski definition) is 6. The summed E-state index contributed by atoms with van der Waals surface area (Å²) in [6.07, 6.45) is 2.22. The van der Waals surface area contributed by atoms with Gasteiger partial charge in [0.2, 0.25) is 17.6 Å². The highest BCUT2D eigenvalue weighted by Crippen LogP contribution is 2.21. The third-order valence-corrected chi connectivity index (χ3v) is 6.46. The highest BCUT2D eigenvalue weighted by atomic mass is 79.9. The van der Waals surface area contributed by atoms with Crippen LogP contribution in [0.25, 0.3) is 10.7 Å². The molecule has 0 spiro atoms. The van der Waals surface area contributed by atoms with Crippen LogP contribution in [0.3, 0.4) is 0 Å². The van der Waals surface area contributed by atoms with Crippen molar-refractivity contribution in [2.24, 2.45) is 0 Å². The molecule has 0 bridgehead atoms. The number of carbonyl (C=O) groups excluding carboxylic acids is 1. The molecule has 1 fully saturated rings. The van der Waals surface area contributed by atoms with E-state index in [1.165, 1.54) is 0 Å². The number of halogens is 1. The standard InChI is InChI=1S/C21H23BrN4O2S/c22-17-7-5-16(6-8-17)15-20(27)26-12-10-25(11-13-26)9-1-4-19-23-21(24-28-19)18-3-2-14-29-18/h2-3,5-8,14H,1,4,9-13,15H2. The molecule has 4 rings (SSSR count). The molecule has 0 aliphatic carbocycles. The van der Waals surface area contributed by atoms with E-state index >= 15 is 0 Å². The van der Waals surface area contributed by atoms with Crippen molar-refractivity contribution in [2.75, 3.05) is 32.7 Å². The van der Waals surface area contributed by atoms with Gasteiger partial charge < -0.3 is 9.42 Å². The molecule has 0 radical (unpaired) electrons. The number of rotatable bonds is 7. The maximum atomic E-state index is 12.5. The molecule has 2 aromatic heterocycles. The lowest BCUT2D eigenvalue weighted by Crippen LogP contribution is -2.49. The van der Waals surface area contributed by atoms with Crippen LogP contribution in [0.5, 0.6) is 0 Å². The van der Waals surface area contributed by atoms with E-state index in [0.717, 1.165) is 60.5 Å². The van der Waals surface area contributed by atoms with Gasteiger partial charge in [-0.05, 0) is 42.1 Å². The molecule has 3 heterocycles. The number of nitrogens with zero attached hydrogens (tertiary/aromatic N) is 4. The van der Waals surface area contributed by atoms with Gasteiger partial charge in [-0.25, -0.2) is 0 Å². The van der Waals surface area contributed by atoms with Gasteiger partial charge in [0.25, 0.3) is 0 Å². The van der Waals surface area contributed by atoms with Crippen LogP contribution >= 0.6 is 27.3 Å². The molecule has 3 aromatic rings. The number of amides is 1. The van der Waals surface area contributed by atoms with Gasteiger partial charge in [-0.2, -0.15) is 4.98 Å². The molecule has 6 nitrogen and oxygen atoms in total. The van der Waals surface area contributed by atoms with Crippen LogP contribution in [0, 0.1) is 0 Å². The molecule has 0 N–H and O–H groups in total. The molecule has 1 aliphatic rings. The smallest absolute Gasteiger partial charge is 0.227 e. The van der Waals surface area contributed by atoms with Crippen LogP contribution in [0.2, 0.25) is 0 Å². The van der Waals surface area contributed by atoms with Crippen LogP contribution in [0.15, 0.2) is 50.8 Å². The number of aromatic nitrogens is 2. The molecule has 1 aliphatic heterocycles. The molecule has 0 atom stereocenters. The van der Waals surface area contributed by atoms with Crippen molar-refractivity contribution in [3.05, 3.63) is 57.7 Å². The number of hydrogen-bond donors (Lipinski definition) is 0. The first-order valence-electron chi connectivity index (χ1n) is 9.78. The summed E-state index contributed by atoms with van der Waals surface area (Å²) >= 11 is 5.04. The van der Waals surface area contributed by atoms with E-state index in [1.54, 1.807) is 11.3 Å². The summed E-state index contributed by atoms with van der Waals surface area (Å²) in [4.78, 5) is 22.4. The zero-order valence-corrected chi connectivity index (χ0v) is 18.5. The monoisotopic (exact) mass is 474 g/mol. The Balaban J connectivity index is 1.17.